The van der Waals surface area contributed by atoms with Gasteiger partial charge in [-0.1, -0.05) is 55.3 Å². The number of aliphatic imine (C=N–C) groups is 1. The van der Waals surface area contributed by atoms with Gasteiger partial charge in [-0.05, 0) is 46.5 Å². The second-order valence-corrected chi connectivity index (χ2v) is 7.21. The van der Waals surface area contributed by atoms with Crippen LogP contribution in [0.4, 0.5) is 0 Å². The minimum absolute atomic E-state index is 0.157. The molecular weight excluding hydrogens is 336 g/mol. The van der Waals surface area contributed by atoms with Gasteiger partial charge in [0.2, 0.25) is 0 Å². The fraction of sp³-hybridized carbons (Fsp3) is 0.261. The van der Waals surface area contributed by atoms with Crippen molar-refractivity contribution in [2.24, 2.45) is 16.8 Å². The number of rotatable bonds is 4. The maximum Gasteiger partial charge on any atom is 0.307 e. The minimum Gasteiger partial charge on any atom is -0.481 e. The Hall–Kier alpha value is -3.01. The molecule has 0 amide bonds. The van der Waals surface area contributed by atoms with Crippen LogP contribution in [-0.4, -0.2) is 23.1 Å². The van der Waals surface area contributed by atoms with Gasteiger partial charge in [0, 0.05) is 11.5 Å². The Balaban J connectivity index is 1.91. The number of fused-ring (bicyclic) bond motifs is 2. The Morgan fingerprint density at radius 1 is 0.963 bits per heavy atom. The standard InChI is InChI=1S/C23H22N2O2/c24-14-25-22(18-9-3-4-10-20(18)23(26)27)19-11-5-8-17-12-15-6-1-2-7-16(15)13-21(17)19/h1-2,5-8,11-14,18,20,24H,3-4,9-10H2,(H,26,27)/t18-,20-/m1/s1. The van der Waals surface area contributed by atoms with E-state index in [9.17, 15) is 9.90 Å². The van der Waals surface area contributed by atoms with Gasteiger partial charge in [-0.2, -0.15) is 0 Å². The molecule has 3 aromatic carbocycles. The molecule has 2 atom stereocenters. The molecule has 0 radical (unpaired) electrons. The third-order valence-corrected chi connectivity index (χ3v) is 5.66. The third kappa shape index (κ3) is 3.23. The van der Waals surface area contributed by atoms with Gasteiger partial charge in [-0.25, -0.2) is 4.99 Å². The van der Waals surface area contributed by atoms with E-state index in [0.29, 0.717) is 6.42 Å². The van der Waals surface area contributed by atoms with Gasteiger partial charge in [-0.15, -0.1) is 0 Å². The second kappa shape index (κ2) is 7.31. The Bertz CT molecular complexity index is 1050. The third-order valence-electron chi connectivity index (χ3n) is 5.66. The SMILES string of the molecule is N=CN=C(c1cccc2cc3ccccc3cc12)[C@@H]1CCCC[C@H]1C(=O)O. The first kappa shape index (κ1) is 17.4. The molecule has 4 nitrogen and oxygen atoms in total. The van der Waals surface area contributed by atoms with Crippen LogP contribution in [0.25, 0.3) is 21.5 Å². The van der Waals surface area contributed by atoms with Crippen molar-refractivity contribution >= 4 is 39.6 Å². The lowest BCUT2D eigenvalue weighted by molar-refractivity contribution is -0.143. The summed E-state index contributed by atoms with van der Waals surface area (Å²) in [6.07, 6.45) is 4.45. The average Bonchev–Trinajstić information content (AvgIpc) is 2.70. The molecule has 0 spiro atoms. The number of nitrogens with one attached hydrogen (secondary N) is 1. The summed E-state index contributed by atoms with van der Waals surface area (Å²) in [5, 5.41) is 21.8. The van der Waals surface area contributed by atoms with Crippen molar-refractivity contribution in [3.63, 3.8) is 0 Å². The smallest absolute Gasteiger partial charge is 0.307 e. The van der Waals surface area contributed by atoms with Gasteiger partial charge in [0.25, 0.3) is 0 Å². The number of benzene rings is 3. The molecule has 0 aromatic heterocycles. The molecule has 1 fully saturated rings. The van der Waals surface area contributed by atoms with Crippen molar-refractivity contribution in [3.8, 4) is 0 Å². The molecule has 0 saturated heterocycles. The van der Waals surface area contributed by atoms with Crippen molar-refractivity contribution in [3.05, 3.63) is 60.2 Å². The van der Waals surface area contributed by atoms with Crippen LogP contribution in [0, 0.1) is 17.2 Å². The zero-order valence-electron chi connectivity index (χ0n) is 15.1. The van der Waals surface area contributed by atoms with Crippen LogP contribution in [-0.2, 0) is 4.79 Å². The molecule has 136 valence electrons. The molecule has 0 bridgehead atoms. The monoisotopic (exact) mass is 358 g/mol. The molecule has 4 heteroatoms. The van der Waals surface area contributed by atoms with E-state index in [1.54, 1.807) is 0 Å². The van der Waals surface area contributed by atoms with Crippen LogP contribution in [0.2, 0.25) is 0 Å². The largest absolute Gasteiger partial charge is 0.481 e. The van der Waals surface area contributed by atoms with E-state index in [1.807, 2.05) is 24.3 Å². The van der Waals surface area contributed by atoms with Gasteiger partial charge < -0.3 is 5.11 Å². The quantitative estimate of drug-likeness (QED) is 0.378. The van der Waals surface area contributed by atoms with Gasteiger partial charge >= 0.3 is 5.97 Å². The van der Waals surface area contributed by atoms with Crippen LogP contribution in [0.1, 0.15) is 31.2 Å². The van der Waals surface area contributed by atoms with E-state index >= 15 is 0 Å². The lowest BCUT2D eigenvalue weighted by Gasteiger charge is -2.30. The van der Waals surface area contributed by atoms with Crippen molar-refractivity contribution in [1.29, 1.82) is 5.41 Å². The highest BCUT2D eigenvalue weighted by molar-refractivity contribution is 6.16. The van der Waals surface area contributed by atoms with E-state index in [2.05, 4.69) is 35.3 Å². The van der Waals surface area contributed by atoms with Crippen LogP contribution in [0.5, 0.6) is 0 Å². The fourth-order valence-corrected chi connectivity index (χ4v) is 4.38. The van der Waals surface area contributed by atoms with Crippen molar-refractivity contribution < 1.29 is 9.90 Å². The highest BCUT2D eigenvalue weighted by Gasteiger charge is 2.35. The number of hydrogen-bond acceptors (Lipinski definition) is 2. The summed E-state index contributed by atoms with van der Waals surface area (Å²) in [4.78, 5) is 16.2. The van der Waals surface area contributed by atoms with E-state index < -0.39 is 11.9 Å². The molecule has 0 unspecified atom stereocenters. The maximum atomic E-state index is 11.8. The summed E-state index contributed by atoms with van der Waals surface area (Å²) < 4.78 is 0. The van der Waals surface area contributed by atoms with E-state index in [-0.39, 0.29) is 5.92 Å². The number of nitrogens with zero attached hydrogens (tertiary/aromatic N) is 1. The van der Waals surface area contributed by atoms with Crippen molar-refractivity contribution in [1.82, 2.24) is 0 Å². The van der Waals surface area contributed by atoms with Crippen LogP contribution < -0.4 is 0 Å². The first-order valence-corrected chi connectivity index (χ1v) is 9.40. The van der Waals surface area contributed by atoms with Gasteiger partial charge in [-0.3, -0.25) is 10.2 Å². The zero-order chi connectivity index (χ0) is 18.8. The summed E-state index contributed by atoms with van der Waals surface area (Å²) in [7, 11) is 0. The number of carboxylic acid groups (broad SMARTS) is 1. The molecule has 2 N–H and O–H groups in total. The van der Waals surface area contributed by atoms with E-state index in [4.69, 9.17) is 5.41 Å². The highest BCUT2D eigenvalue weighted by Crippen LogP contribution is 2.35. The Kier molecular flexibility index (Phi) is 4.71. The zero-order valence-corrected chi connectivity index (χ0v) is 15.1. The second-order valence-electron chi connectivity index (χ2n) is 7.21. The van der Waals surface area contributed by atoms with E-state index in [0.717, 1.165) is 53.0 Å². The topological polar surface area (TPSA) is 73.5 Å². The molecule has 0 aliphatic heterocycles. The lowest BCUT2D eigenvalue weighted by atomic mass is 9.74. The molecule has 27 heavy (non-hydrogen) atoms. The Morgan fingerprint density at radius 2 is 1.63 bits per heavy atom. The van der Waals surface area contributed by atoms with Gasteiger partial charge in [0.1, 0.15) is 6.34 Å². The molecule has 1 aliphatic carbocycles. The summed E-state index contributed by atoms with van der Waals surface area (Å²) >= 11 is 0. The fourth-order valence-electron chi connectivity index (χ4n) is 4.38. The van der Waals surface area contributed by atoms with Gasteiger partial charge in [0.15, 0.2) is 0 Å². The Labute approximate surface area is 158 Å². The first-order chi connectivity index (χ1) is 13.2. The minimum atomic E-state index is -0.761. The summed E-state index contributed by atoms with van der Waals surface area (Å²) in [5.74, 6) is -1.36. The molecule has 3 aromatic rings. The molecule has 0 heterocycles. The van der Waals surface area contributed by atoms with E-state index in [1.165, 1.54) is 5.39 Å². The number of carbonyl (C=O) groups is 1. The normalized spacial score (nSPS) is 20.7. The van der Waals surface area contributed by atoms with Crippen LogP contribution in [0.15, 0.2) is 59.6 Å². The summed E-state index contributed by atoms with van der Waals surface area (Å²) in [6, 6.07) is 18.6. The predicted molar refractivity (Wildman–Crippen MR) is 110 cm³/mol. The maximum absolute atomic E-state index is 11.8. The van der Waals surface area contributed by atoms with Crippen molar-refractivity contribution in [2.45, 2.75) is 25.7 Å². The van der Waals surface area contributed by atoms with Crippen molar-refractivity contribution in [2.75, 3.05) is 0 Å². The number of carboxylic acids is 1. The molecule has 1 aliphatic rings. The Morgan fingerprint density at radius 3 is 2.33 bits per heavy atom. The average molecular weight is 358 g/mol. The lowest BCUT2D eigenvalue weighted by Crippen LogP contribution is -2.33. The summed E-state index contributed by atoms with van der Waals surface area (Å²) in [5.41, 5.74) is 1.68. The molecule has 4 rings (SSSR count). The highest BCUT2D eigenvalue weighted by atomic mass is 16.4. The van der Waals surface area contributed by atoms with Crippen LogP contribution >= 0.6 is 0 Å². The number of hydrogen-bond donors (Lipinski definition) is 2. The predicted octanol–water partition coefficient (Wildman–Crippen LogP) is 5.28. The first-order valence-electron chi connectivity index (χ1n) is 9.40. The van der Waals surface area contributed by atoms with Crippen LogP contribution in [0.3, 0.4) is 0 Å². The number of aliphatic carboxylic acids is 1. The van der Waals surface area contributed by atoms with Gasteiger partial charge in [0.05, 0.1) is 11.6 Å². The summed E-state index contributed by atoms with van der Waals surface area (Å²) in [6.45, 7) is 0. The molecule has 1 saturated carbocycles. The molecular formula is C23H22N2O2.